The molecule has 1 aliphatic carbocycles. The van der Waals surface area contributed by atoms with Crippen molar-refractivity contribution in [2.45, 2.75) is 43.5 Å². The van der Waals surface area contributed by atoms with Crippen LogP contribution in [0.3, 0.4) is 0 Å². The fourth-order valence-electron chi connectivity index (χ4n) is 3.47. The molecule has 8 nitrogen and oxygen atoms in total. The largest absolute Gasteiger partial charge is 0.394 e. The fraction of sp³-hybridized carbons (Fsp3) is 0.450. The summed E-state index contributed by atoms with van der Waals surface area (Å²) in [4.78, 5) is 12.7. The molecule has 1 saturated carbocycles. The predicted molar refractivity (Wildman–Crippen MR) is 126 cm³/mol. The van der Waals surface area contributed by atoms with Gasteiger partial charge in [-0.15, -0.1) is 0 Å². The molecule has 0 unspecified atom stereocenters. The minimum atomic E-state index is -3.96. The van der Waals surface area contributed by atoms with E-state index in [1.807, 2.05) is 22.6 Å². The van der Waals surface area contributed by atoms with Gasteiger partial charge in [0.2, 0.25) is 10.0 Å². The Kier molecular flexibility index (Phi) is 6.99. The zero-order valence-electron chi connectivity index (χ0n) is 17.2. The fourth-order valence-corrected chi connectivity index (χ4v) is 5.64. The van der Waals surface area contributed by atoms with Gasteiger partial charge in [0.1, 0.15) is 11.6 Å². The second-order valence-corrected chi connectivity index (χ2v) is 11.1. The Morgan fingerprint density at radius 3 is 2.52 bits per heavy atom. The number of benzene rings is 1. The number of nitrogens with zero attached hydrogens (tertiary/aromatic N) is 1. The first-order chi connectivity index (χ1) is 14.5. The summed E-state index contributed by atoms with van der Waals surface area (Å²) in [6.07, 6.45) is -0.169. The van der Waals surface area contributed by atoms with Crippen LogP contribution in [0.2, 0.25) is 0 Å². The number of pyridine rings is 1. The highest BCUT2D eigenvalue weighted by molar-refractivity contribution is 14.1. The van der Waals surface area contributed by atoms with Crippen LogP contribution in [0.25, 0.3) is 0 Å². The van der Waals surface area contributed by atoms with Gasteiger partial charge in [-0.05, 0) is 72.5 Å². The maximum absolute atomic E-state index is 14.4. The third-order valence-corrected chi connectivity index (χ3v) is 8.37. The molecule has 1 aromatic carbocycles. The Balaban J connectivity index is 2.05. The molecule has 1 atom stereocenters. The van der Waals surface area contributed by atoms with E-state index < -0.39 is 33.3 Å². The molecule has 3 rings (SSSR count). The zero-order chi connectivity index (χ0) is 23.0. The van der Waals surface area contributed by atoms with E-state index >= 15 is 0 Å². The normalized spacial score (nSPS) is 16.1. The summed E-state index contributed by atoms with van der Waals surface area (Å²) in [6.45, 7) is 1.25. The lowest BCUT2D eigenvalue weighted by Crippen LogP contribution is -2.35. The molecule has 11 heteroatoms. The first kappa shape index (κ1) is 24.0. The lowest BCUT2D eigenvalue weighted by atomic mass is 10.2. The second kappa shape index (κ2) is 9.04. The van der Waals surface area contributed by atoms with E-state index in [4.69, 9.17) is 5.11 Å². The summed E-state index contributed by atoms with van der Waals surface area (Å²) < 4.78 is 44.0. The van der Waals surface area contributed by atoms with Crippen LogP contribution in [0.1, 0.15) is 31.7 Å². The molecule has 1 fully saturated rings. The molecule has 0 bridgehead atoms. The van der Waals surface area contributed by atoms with Crippen LogP contribution in [0, 0.1) is 9.39 Å². The second-order valence-electron chi connectivity index (χ2n) is 7.73. The van der Waals surface area contributed by atoms with E-state index in [0.717, 1.165) is 0 Å². The third-order valence-electron chi connectivity index (χ3n) is 5.49. The van der Waals surface area contributed by atoms with Crippen molar-refractivity contribution in [3.05, 3.63) is 49.6 Å². The molecule has 1 heterocycles. The standard InChI is InChI=1S/C20H25FIN3O5S/c1-3-12-8-17(24-31(29,30)20(6-7-20)10-14(27)11-26)18(25(2)19(12)28)23-16-5-4-13(22)9-15(16)21/h4-5,8-9,14,23-24,26-27H,3,6-7,10-11H2,1-2H3/t14-/m0/s1. The molecule has 0 saturated heterocycles. The van der Waals surface area contributed by atoms with Gasteiger partial charge in [-0.25, -0.2) is 12.8 Å². The van der Waals surface area contributed by atoms with Crippen molar-refractivity contribution in [3.63, 3.8) is 0 Å². The van der Waals surface area contributed by atoms with Crippen molar-refractivity contribution >= 4 is 49.8 Å². The molecule has 1 aromatic heterocycles. The maximum Gasteiger partial charge on any atom is 0.255 e. The number of aliphatic hydroxyl groups excluding tert-OH is 2. The number of hydrogen-bond donors (Lipinski definition) is 4. The summed E-state index contributed by atoms with van der Waals surface area (Å²) in [6, 6.07) is 5.96. The van der Waals surface area contributed by atoms with Crippen LogP contribution in [0.15, 0.2) is 29.1 Å². The third kappa shape index (κ3) is 4.89. The van der Waals surface area contributed by atoms with Crippen molar-refractivity contribution in [2.24, 2.45) is 7.05 Å². The lowest BCUT2D eigenvalue weighted by Gasteiger charge is -2.23. The number of halogens is 2. The molecule has 0 spiro atoms. The van der Waals surface area contributed by atoms with Crippen molar-refractivity contribution < 1.29 is 23.0 Å². The SMILES string of the molecule is CCc1cc(NS(=O)(=O)C2(C[C@H](O)CO)CC2)c(Nc2ccc(I)cc2F)n(C)c1=O. The first-order valence-corrected chi connectivity index (χ1v) is 12.4. The van der Waals surface area contributed by atoms with Crippen LogP contribution < -0.4 is 15.6 Å². The number of rotatable bonds is 9. The van der Waals surface area contributed by atoms with E-state index in [9.17, 15) is 22.7 Å². The molecule has 1 aliphatic rings. The topological polar surface area (TPSA) is 121 Å². The van der Waals surface area contributed by atoms with Gasteiger partial charge in [0, 0.05) is 16.2 Å². The van der Waals surface area contributed by atoms with E-state index in [1.54, 1.807) is 13.0 Å². The molecule has 0 amide bonds. The number of hydrogen-bond acceptors (Lipinski definition) is 6. The van der Waals surface area contributed by atoms with Crippen LogP contribution in [0.4, 0.5) is 21.6 Å². The number of sulfonamides is 1. The zero-order valence-corrected chi connectivity index (χ0v) is 20.1. The van der Waals surface area contributed by atoms with Crippen molar-refractivity contribution in [1.29, 1.82) is 0 Å². The first-order valence-electron chi connectivity index (χ1n) is 9.80. The molecule has 4 N–H and O–H groups in total. The monoisotopic (exact) mass is 565 g/mol. The lowest BCUT2D eigenvalue weighted by molar-refractivity contribution is 0.0858. The van der Waals surface area contributed by atoms with Crippen molar-refractivity contribution in [2.75, 3.05) is 16.6 Å². The number of aliphatic hydroxyl groups is 2. The van der Waals surface area contributed by atoms with Gasteiger partial charge in [0.05, 0.1) is 28.8 Å². The van der Waals surface area contributed by atoms with Gasteiger partial charge in [-0.3, -0.25) is 14.1 Å². The minimum Gasteiger partial charge on any atom is -0.394 e. The molecule has 170 valence electrons. The maximum atomic E-state index is 14.4. The molecule has 0 radical (unpaired) electrons. The van der Waals surface area contributed by atoms with Crippen LogP contribution in [-0.4, -0.2) is 40.7 Å². The summed E-state index contributed by atoms with van der Waals surface area (Å²) in [5, 5.41) is 21.7. The van der Waals surface area contributed by atoms with Crippen molar-refractivity contribution in [1.82, 2.24) is 4.57 Å². The summed E-state index contributed by atoms with van der Waals surface area (Å²) in [5.41, 5.74) is 0.281. The quantitative estimate of drug-likeness (QED) is 0.347. The predicted octanol–water partition coefficient (Wildman–Crippen LogP) is 2.45. The molecule has 2 aromatic rings. The number of anilines is 3. The molecular weight excluding hydrogens is 540 g/mol. The van der Waals surface area contributed by atoms with Crippen LogP contribution in [-0.2, 0) is 23.5 Å². The Morgan fingerprint density at radius 2 is 1.97 bits per heavy atom. The molecule has 31 heavy (non-hydrogen) atoms. The van der Waals surface area contributed by atoms with Gasteiger partial charge < -0.3 is 15.5 Å². The van der Waals surface area contributed by atoms with E-state index in [-0.39, 0.29) is 29.2 Å². The van der Waals surface area contributed by atoms with Gasteiger partial charge in [0.25, 0.3) is 5.56 Å². The Hall–Kier alpha value is -1.70. The van der Waals surface area contributed by atoms with E-state index in [1.165, 1.54) is 29.8 Å². The Morgan fingerprint density at radius 1 is 1.29 bits per heavy atom. The highest BCUT2D eigenvalue weighted by Gasteiger charge is 2.55. The Bertz CT molecular complexity index is 1150. The van der Waals surface area contributed by atoms with Gasteiger partial charge in [-0.2, -0.15) is 0 Å². The van der Waals surface area contributed by atoms with Gasteiger partial charge in [0.15, 0.2) is 0 Å². The van der Waals surface area contributed by atoms with Crippen molar-refractivity contribution in [3.8, 4) is 0 Å². The number of nitrogens with one attached hydrogen (secondary N) is 2. The van der Waals surface area contributed by atoms with Crippen LogP contribution in [0.5, 0.6) is 0 Å². The average Bonchev–Trinajstić information content (AvgIpc) is 3.50. The van der Waals surface area contributed by atoms with Gasteiger partial charge >= 0.3 is 0 Å². The number of aromatic nitrogens is 1. The Labute approximate surface area is 193 Å². The summed E-state index contributed by atoms with van der Waals surface area (Å²) in [5.74, 6) is -0.443. The smallest absolute Gasteiger partial charge is 0.255 e. The van der Waals surface area contributed by atoms with E-state index in [0.29, 0.717) is 28.4 Å². The van der Waals surface area contributed by atoms with E-state index in [2.05, 4.69) is 10.0 Å². The minimum absolute atomic E-state index is 0.0944. The molecular formula is C20H25FIN3O5S. The highest BCUT2D eigenvalue weighted by Crippen LogP contribution is 2.48. The average molecular weight is 565 g/mol. The summed E-state index contributed by atoms with van der Waals surface area (Å²) >= 11 is 1.97. The summed E-state index contributed by atoms with van der Waals surface area (Å²) in [7, 11) is -2.48. The van der Waals surface area contributed by atoms with Crippen LogP contribution >= 0.6 is 22.6 Å². The van der Waals surface area contributed by atoms with Gasteiger partial charge in [-0.1, -0.05) is 6.92 Å². The highest BCUT2D eigenvalue weighted by atomic mass is 127. The molecule has 0 aliphatic heterocycles. The number of aryl methyl sites for hydroxylation is 1.